The summed E-state index contributed by atoms with van der Waals surface area (Å²) in [5.74, 6) is 2.29. The molecule has 1 rings (SSSR count). The molecule has 144 valence electrons. The van der Waals surface area contributed by atoms with Crippen LogP contribution in [0.2, 0.25) is 0 Å². The summed E-state index contributed by atoms with van der Waals surface area (Å²) in [5, 5.41) is 9.04. The van der Waals surface area contributed by atoms with Crippen molar-refractivity contribution in [2.75, 3.05) is 0 Å². The fraction of sp³-hybridized carbons (Fsp3) is 0.824. The highest BCUT2D eigenvalue weighted by molar-refractivity contribution is 5.56. The Morgan fingerprint density at radius 1 is 1.16 bits per heavy atom. The Kier molecular flexibility index (Phi) is 5.66. The minimum Gasteiger partial charge on any atom is -0.363 e. The maximum atomic E-state index is 12.6. The molecular weight excluding hydrogens is 350 g/mol. The van der Waals surface area contributed by atoms with Crippen molar-refractivity contribution in [1.29, 1.82) is 0 Å². The normalized spacial score (nSPS) is 28.2. The molecule has 25 heavy (non-hydrogen) atoms. The Morgan fingerprint density at radius 3 is 2.00 bits per heavy atom. The van der Waals surface area contributed by atoms with E-state index in [1.54, 1.807) is 6.92 Å². The highest BCUT2D eigenvalue weighted by atomic mass is 19.4. The number of rotatable bonds is 3. The molecule has 0 aromatic heterocycles. The van der Waals surface area contributed by atoms with Crippen molar-refractivity contribution < 1.29 is 36.2 Å². The zero-order valence-electron chi connectivity index (χ0n) is 14.5. The van der Waals surface area contributed by atoms with Crippen molar-refractivity contribution >= 4 is 6.29 Å². The fourth-order valence-corrected chi connectivity index (χ4v) is 3.54. The summed E-state index contributed by atoms with van der Waals surface area (Å²) in [6.07, 6.45) is -10.1. The van der Waals surface area contributed by atoms with E-state index in [0.29, 0.717) is 12.8 Å². The van der Waals surface area contributed by atoms with Crippen LogP contribution in [0.4, 0.5) is 26.3 Å². The SMILES string of the molecule is C[C@H](CC#CC(O)(C(F)(F)F)C(F)(F)F)[C@@]1(C)CC[C@@H](C=O)C1(C)C. The molecule has 1 aliphatic carbocycles. The lowest BCUT2D eigenvalue weighted by Crippen LogP contribution is -2.55. The third kappa shape index (κ3) is 3.53. The predicted octanol–water partition coefficient (Wildman–Crippen LogP) is 4.51. The van der Waals surface area contributed by atoms with Crippen LogP contribution in [-0.2, 0) is 4.79 Å². The van der Waals surface area contributed by atoms with Crippen molar-refractivity contribution in [3.63, 3.8) is 0 Å². The van der Waals surface area contributed by atoms with E-state index >= 15 is 0 Å². The summed E-state index contributed by atoms with van der Waals surface area (Å²) in [7, 11) is 0. The number of carbonyl (C=O) groups is 1. The molecule has 1 fully saturated rings. The van der Waals surface area contributed by atoms with Crippen molar-refractivity contribution in [3.8, 4) is 11.8 Å². The first kappa shape index (κ1) is 21.8. The molecule has 0 saturated heterocycles. The van der Waals surface area contributed by atoms with Crippen LogP contribution in [0.1, 0.15) is 47.0 Å². The molecule has 0 aromatic rings. The van der Waals surface area contributed by atoms with Crippen LogP contribution in [0.25, 0.3) is 0 Å². The number of halogens is 6. The Hall–Kier alpha value is -1.23. The highest BCUT2D eigenvalue weighted by Gasteiger charge is 2.70. The van der Waals surface area contributed by atoms with Crippen LogP contribution < -0.4 is 0 Å². The van der Waals surface area contributed by atoms with Gasteiger partial charge in [0, 0.05) is 12.3 Å². The largest absolute Gasteiger partial charge is 0.438 e. The van der Waals surface area contributed by atoms with Gasteiger partial charge in [0.25, 0.3) is 0 Å². The van der Waals surface area contributed by atoms with Gasteiger partial charge in [0.15, 0.2) is 0 Å². The van der Waals surface area contributed by atoms with E-state index in [1.807, 2.05) is 26.7 Å². The lowest BCUT2D eigenvalue weighted by molar-refractivity contribution is -0.343. The molecule has 8 heteroatoms. The first-order valence-electron chi connectivity index (χ1n) is 7.85. The second kappa shape index (κ2) is 6.49. The van der Waals surface area contributed by atoms with Crippen LogP contribution in [0, 0.1) is 34.5 Å². The molecule has 0 amide bonds. The van der Waals surface area contributed by atoms with Crippen molar-refractivity contribution in [1.82, 2.24) is 0 Å². The van der Waals surface area contributed by atoms with Crippen LogP contribution in [0.3, 0.4) is 0 Å². The van der Waals surface area contributed by atoms with Gasteiger partial charge in [0.2, 0.25) is 0 Å². The summed E-state index contributed by atoms with van der Waals surface area (Å²) >= 11 is 0. The smallest absolute Gasteiger partial charge is 0.363 e. The van der Waals surface area contributed by atoms with Gasteiger partial charge in [-0.05, 0) is 35.5 Å². The summed E-state index contributed by atoms with van der Waals surface area (Å²) in [4.78, 5) is 11.2. The van der Waals surface area contributed by atoms with Crippen molar-refractivity contribution in [2.24, 2.45) is 22.7 Å². The van der Waals surface area contributed by atoms with E-state index in [2.05, 4.69) is 0 Å². The van der Waals surface area contributed by atoms with E-state index in [0.717, 1.165) is 12.2 Å². The Labute approximate surface area is 143 Å². The molecule has 0 radical (unpaired) electrons. The molecule has 1 aliphatic rings. The quantitative estimate of drug-likeness (QED) is 0.450. The van der Waals surface area contributed by atoms with Gasteiger partial charge in [-0.25, -0.2) is 0 Å². The molecule has 0 spiro atoms. The molecule has 2 nitrogen and oxygen atoms in total. The number of aldehydes is 1. The summed E-state index contributed by atoms with van der Waals surface area (Å²) in [6.45, 7) is 7.28. The monoisotopic (exact) mass is 372 g/mol. The van der Waals surface area contributed by atoms with Gasteiger partial charge in [-0.3, -0.25) is 0 Å². The fourth-order valence-electron chi connectivity index (χ4n) is 3.54. The third-order valence-corrected chi connectivity index (χ3v) is 6.12. The van der Waals surface area contributed by atoms with Gasteiger partial charge < -0.3 is 9.90 Å². The maximum Gasteiger partial charge on any atom is 0.438 e. The number of hydrogen-bond acceptors (Lipinski definition) is 2. The first-order chi connectivity index (χ1) is 11.0. The molecule has 0 heterocycles. The van der Waals surface area contributed by atoms with Gasteiger partial charge >= 0.3 is 18.0 Å². The van der Waals surface area contributed by atoms with Crippen LogP contribution in [0.15, 0.2) is 0 Å². The Morgan fingerprint density at radius 2 is 1.64 bits per heavy atom. The maximum absolute atomic E-state index is 12.6. The van der Waals surface area contributed by atoms with Crippen molar-refractivity contribution in [3.05, 3.63) is 0 Å². The molecule has 1 saturated carbocycles. The molecule has 0 aliphatic heterocycles. The van der Waals surface area contributed by atoms with E-state index < -0.39 is 28.8 Å². The second-order valence-corrected chi connectivity index (χ2v) is 7.53. The van der Waals surface area contributed by atoms with Crippen LogP contribution in [0.5, 0.6) is 0 Å². The van der Waals surface area contributed by atoms with E-state index in [1.165, 1.54) is 0 Å². The molecule has 0 unspecified atom stereocenters. The number of alkyl halides is 6. The molecular formula is C17H22F6O2. The minimum atomic E-state index is -5.94. The summed E-state index contributed by atoms with van der Waals surface area (Å²) < 4.78 is 75.7. The third-order valence-electron chi connectivity index (χ3n) is 6.12. The van der Waals surface area contributed by atoms with Gasteiger partial charge in [0.05, 0.1) is 0 Å². The number of aliphatic hydroxyl groups is 1. The lowest BCUT2D eigenvalue weighted by atomic mass is 9.59. The average Bonchev–Trinajstić information content (AvgIpc) is 2.67. The Bertz CT molecular complexity index is 552. The zero-order valence-corrected chi connectivity index (χ0v) is 14.5. The standard InChI is InChI=1S/C17H22F6O2/c1-11(14(4)9-7-12(10-24)13(14,2)3)6-5-8-15(25,16(18,19)20)17(21,22)23/h10-12,25H,6-7,9H2,1-4H3/t11-,12+,14-/m1/s1. The Balaban J connectivity index is 3.06. The molecule has 0 aromatic carbocycles. The number of hydrogen-bond donors (Lipinski definition) is 1. The van der Waals surface area contributed by atoms with Gasteiger partial charge in [-0.1, -0.05) is 33.6 Å². The van der Waals surface area contributed by atoms with Crippen molar-refractivity contribution in [2.45, 2.75) is 64.9 Å². The summed E-state index contributed by atoms with van der Waals surface area (Å²) in [6, 6.07) is 0. The van der Waals surface area contributed by atoms with E-state index in [4.69, 9.17) is 5.11 Å². The van der Waals surface area contributed by atoms with E-state index in [9.17, 15) is 31.1 Å². The lowest BCUT2D eigenvalue weighted by Gasteiger charge is -2.44. The van der Waals surface area contributed by atoms with Crippen LogP contribution in [-0.4, -0.2) is 29.3 Å². The molecule has 3 atom stereocenters. The second-order valence-electron chi connectivity index (χ2n) is 7.53. The number of carbonyl (C=O) groups excluding carboxylic acids is 1. The van der Waals surface area contributed by atoms with Gasteiger partial charge in [0.1, 0.15) is 6.29 Å². The van der Waals surface area contributed by atoms with Gasteiger partial charge in [-0.15, -0.1) is 0 Å². The summed E-state index contributed by atoms with van der Waals surface area (Å²) in [5.41, 5.74) is -5.97. The minimum absolute atomic E-state index is 0.227. The zero-order chi connectivity index (χ0) is 19.9. The predicted molar refractivity (Wildman–Crippen MR) is 79.3 cm³/mol. The molecule has 1 N–H and O–H groups in total. The average molecular weight is 372 g/mol. The first-order valence-corrected chi connectivity index (χ1v) is 7.85. The van der Waals surface area contributed by atoms with E-state index in [-0.39, 0.29) is 18.3 Å². The molecule has 0 bridgehead atoms. The van der Waals surface area contributed by atoms with Crippen LogP contribution >= 0.6 is 0 Å². The highest BCUT2D eigenvalue weighted by Crippen LogP contribution is 2.59. The van der Waals surface area contributed by atoms with Gasteiger partial charge in [-0.2, -0.15) is 26.3 Å². The topological polar surface area (TPSA) is 37.3 Å².